The summed E-state index contributed by atoms with van der Waals surface area (Å²) in [6.07, 6.45) is 16.7. The molecule has 2 aliphatic carbocycles. The first kappa shape index (κ1) is 78.2. The van der Waals surface area contributed by atoms with Crippen molar-refractivity contribution >= 4 is 89.6 Å². The third kappa shape index (κ3) is 17.2. The number of aromatic nitrogens is 6. The number of likely N-dealkylation sites (tertiary alicyclic amines) is 3. The molecule has 6 fully saturated rings. The van der Waals surface area contributed by atoms with E-state index >= 15 is 0 Å². The zero-order valence-electron chi connectivity index (χ0n) is 63.1. The second kappa shape index (κ2) is 35.0. The molecule has 6 aromatic heterocycles. The van der Waals surface area contributed by atoms with Gasteiger partial charge in [0.1, 0.15) is 105 Å². The third-order valence-corrected chi connectivity index (χ3v) is 22.1. The number of rotatable bonds is 20. The van der Waals surface area contributed by atoms with Gasteiger partial charge in [0.25, 0.3) is 0 Å². The van der Waals surface area contributed by atoms with E-state index in [-0.39, 0.29) is 99.7 Å². The Labute approximate surface area is 647 Å². The molecule has 7 aliphatic heterocycles. The van der Waals surface area contributed by atoms with Gasteiger partial charge in [-0.3, -0.25) is 59.4 Å². The largest absolute Gasteiger partial charge is 0.486 e. The molecule has 0 radical (unpaired) electrons. The van der Waals surface area contributed by atoms with Crippen LogP contribution in [0.4, 0.5) is 49.3 Å². The maximum absolute atomic E-state index is 13.3. The summed E-state index contributed by atoms with van der Waals surface area (Å²) in [5.41, 5.74) is 7.15. The zero-order valence-corrected chi connectivity index (χ0v) is 63.1. The molecule has 6 aromatic rings. The first-order valence-electron chi connectivity index (χ1n) is 38.0. The van der Waals surface area contributed by atoms with Gasteiger partial charge in [-0.15, -0.1) is 0 Å². The molecular formula is C80H88N18O14. The lowest BCUT2D eigenvalue weighted by molar-refractivity contribution is -0.131. The summed E-state index contributed by atoms with van der Waals surface area (Å²) in [4.78, 5) is 149. The van der Waals surface area contributed by atoms with Gasteiger partial charge in [0.2, 0.25) is 17.7 Å². The summed E-state index contributed by atoms with van der Waals surface area (Å²) in [6, 6.07) is 15.5. The second-order valence-corrected chi connectivity index (χ2v) is 29.6. The van der Waals surface area contributed by atoms with Crippen LogP contribution in [-0.2, 0) is 73.9 Å². The van der Waals surface area contributed by atoms with Gasteiger partial charge in [-0.05, 0) is 136 Å². The van der Waals surface area contributed by atoms with E-state index in [0.29, 0.717) is 173 Å². The van der Waals surface area contributed by atoms with Crippen LogP contribution in [0.25, 0.3) is 0 Å². The summed E-state index contributed by atoms with van der Waals surface area (Å²) in [7, 11) is 3.25. The smallest absolute Gasteiger partial charge is 0.328 e. The lowest BCUT2D eigenvalue weighted by atomic mass is 9.92. The Morgan fingerprint density at radius 1 is 0.473 bits per heavy atom. The minimum absolute atomic E-state index is 0.00661. The molecule has 3 N–H and O–H groups in total. The number of anilines is 6. The predicted molar refractivity (Wildman–Crippen MR) is 404 cm³/mol. The van der Waals surface area contributed by atoms with Gasteiger partial charge in [0, 0.05) is 132 Å². The van der Waals surface area contributed by atoms with Crippen LogP contribution >= 0.6 is 0 Å². The molecule has 0 aromatic carbocycles. The van der Waals surface area contributed by atoms with Crippen LogP contribution in [0.1, 0.15) is 172 Å². The summed E-state index contributed by atoms with van der Waals surface area (Å²) in [5, 5.41) is 36.7. The minimum atomic E-state index is -0.451. The lowest BCUT2D eigenvalue weighted by Crippen LogP contribution is -2.42. The molecule has 13 heterocycles. The summed E-state index contributed by atoms with van der Waals surface area (Å²) >= 11 is 0. The number of pyridine rings is 6. The summed E-state index contributed by atoms with van der Waals surface area (Å²) < 4.78 is 27.9. The molecule has 0 spiro atoms. The van der Waals surface area contributed by atoms with Crippen LogP contribution in [0.5, 0.6) is 11.5 Å². The Morgan fingerprint density at radius 3 is 1.10 bits per heavy atom. The van der Waals surface area contributed by atoms with Gasteiger partial charge < -0.3 is 38.4 Å². The van der Waals surface area contributed by atoms with E-state index in [9.17, 15) is 58.9 Å². The first-order valence-corrected chi connectivity index (χ1v) is 38.0. The number of aldehydes is 3. The predicted octanol–water partition coefficient (Wildman–Crippen LogP) is 8.84. The van der Waals surface area contributed by atoms with E-state index in [0.717, 1.165) is 92.9 Å². The Kier molecular flexibility index (Phi) is 24.4. The Balaban J connectivity index is 0.000000147. The topological polar surface area (TPSA) is 404 Å². The lowest BCUT2D eigenvalue weighted by Gasteiger charge is -2.35. The van der Waals surface area contributed by atoms with Gasteiger partial charge >= 0.3 is 18.1 Å². The molecule has 0 bridgehead atoms. The molecular weight excluding hydrogens is 1440 g/mol. The number of nitrogens with one attached hydrogen (secondary N) is 3. The van der Waals surface area contributed by atoms with Crippen molar-refractivity contribution in [2.75, 3.05) is 97.4 Å². The normalized spacial score (nSPS) is 21.4. The fraction of sp³-hybridized carbons (Fsp3) is 0.475. The number of hydrogen-bond acceptors (Lipinski definition) is 23. The van der Waals surface area contributed by atoms with Gasteiger partial charge in [-0.1, -0.05) is 20.8 Å². The fourth-order valence-electron chi connectivity index (χ4n) is 15.2. The van der Waals surface area contributed by atoms with Crippen LogP contribution in [-0.4, -0.2) is 190 Å². The number of amides is 9. The number of ether oxygens (including phenoxy) is 5. The average Bonchev–Trinajstić information content (AvgIpc) is 0.981. The number of urea groups is 3. The van der Waals surface area contributed by atoms with Gasteiger partial charge in [0.15, 0.2) is 18.9 Å². The molecule has 32 nitrogen and oxygen atoms in total. The number of carbonyl (C=O) groups excluding carboxylic acids is 9. The van der Waals surface area contributed by atoms with E-state index < -0.39 is 18.1 Å². The molecule has 582 valence electrons. The molecule has 2 saturated carbocycles. The SMILES string of the molecule is CO[C@@H]1CC[C@@H]1Oc1cc(NC(=O)N2CCCc3cc(CN4CCC(C)C4=O)c(C=O)nc32)ncc1C#N.CO[C@H]1CC[C@H]1Oc1cc(NC(=O)N2CCCc3cc(CN4CCC(C)C4=O)c(C=O)nc32)ncc1C#N.C[C@H]1CCN(Cc2cc3c(nc2C=O)N(C(=O)Nc2cc(CC4COC4)c(C#N)cn2)CCC3)C1=O. The maximum Gasteiger partial charge on any atom is 0.328 e. The number of aryl methyl sites for hydroxylation is 3. The first-order chi connectivity index (χ1) is 54.3. The van der Waals surface area contributed by atoms with Gasteiger partial charge in [0.05, 0.1) is 43.4 Å². The summed E-state index contributed by atoms with van der Waals surface area (Å²) in [6.45, 7) is 11.3. The van der Waals surface area contributed by atoms with Gasteiger partial charge in [-0.25, -0.2) is 44.3 Å². The Bertz CT molecular complexity index is 4600. The fourth-order valence-corrected chi connectivity index (χ4v) is 15.2. The van der Waals surface area contributed by atoms with E-state index in [2.05, 4.69) is 64.1 Å². The van der Waals surface area contributed by atoms with E-state index in [4.69, 9.17) is 23.7 Å². The van der Waals surface area contributed by atoms with Crippen molar-refractivity contribution in [1.29, 1.82) is 15.8 Å². The molecule has 7 atom stereocenters. The molecule has 2 unspecified atom stereocenters. The average molecular weight is 1530 g/mol. The monoisotopic (exact) mass is 1520 g/mol. The molecule has 4 saturated heterocycles. The Morgan fingerprint density at radius 2 is 0.812 bits per heavy atom. The highest BCUT2D eigenvalue weighted by atomic mass is 16.5. The van der Waals surface area contributed by atoms with Crippen molar-refractivity contribution in [2.24, 2.45) is 23.7 Å². The highest BCUT2D eigenvalue weighted by Crippen LogP contribution is 2.37. The van der Waals surface area contributed by atoms with Crippen molar-refractivity contribution in [3.8, 4) is 29.7 Å². The summed E-state index contributed by atoms with van der Waals surface area (Å²) in [5.74, 6) is 3.34. The van der Waals surface area contributed by atoms with Crippen LogP contribution in [0.3, 0.4) is 0 Å². The molecule has 9 aliphatic rings. The molecule has 112 heavy (non-hydrogen) atoms. The van der Waals surface area contributed by atoms with Crippen molar-refractivity contribution in [1.82, 2.24) is 44.6 Å². The number of fused-ring (bicyclic) bond motifs is 3. The van der Waals surface area contributed by atoms with Crippen molar-refractivity contribution in [2.45, 2.75) is 155 Å². The van der Waals surface area contributed by atoms with E-state index in [1.165, 1.54) is 45.4 Å². The Hall–Kier alpha value is -11.9. The van der Waals surface area contributed by atoms with E-state index in [1.807, 2.05) is 39.0 Å². The second-order valence-electron chi connectivity index (χ2n) is 29.6. The molecule has 15 rings (SSSR count). The number of methoxy groups -OCH3 is 2. The van der Waals surface area contributed by atoms with Crippen LogP contribution in [0.15, 0.2) is 55.0 Å². The van der Waals surface area contributed by atoms with E-state index in [1.54, 1.807) is 35.0 Å². The quantitative estimate of drug-likeness (QED) is 0.0600. The third-order valence-electron chi connectivity index (χ3n) is 22.1. The van der Waals surface area contributed by atoms with Crippen molar-refractivity contribution in [3.05, 3.63) is 128 Å². The molecule has 32 heteroatoms. The van der Waals surface area contributed by atoms with Gasteiger partial charge in [-0.2, -0.15) is 15.8 Å². The number of hydrogen-bond donors (Lipinski definition) is 3. The minimum Gasteiger partial charge on any atom is -0.486 e. The standard InChI is InChI=1S/2C27H30N6O5.C26H28N6O4/c2*1-16-7-9-32(26(16)35)14-18-10-17-4-3-8-33(25(17)30-20(18)15-34)27(36)31-24-11-23(19(12-28)13-29-24)38-22-6-5-21(22)37-2;1-16-4-6-31(25(16)34)12-20-8-18-3-2-5-32(24(18)29-22(20)13-33)26(35)30-23-9-19(7-17-14-36-15-17)21(10-27)11-28-23/h2*10-11,13,15-16,21-22H,3-9,14H2,1-2H3,(H,29,31,36);8-9,11,13,16-17H,2-7,12,14-15H2,1H3,(H,28,30,35)/t2*16?,21-,22+;16-/m100/s1. The highest BCUT2D eigenvalue weighted by Gasteiger charge is 2.38. The zero-order chi connectivity index (χ0) is 78.9. The number of nitriles is 3. The van der Waals surface area contributed by atoms with Crippen molar-refractivity contribution < 1.29 is 66.8 Å². The molecule has 9 amide bonds. The van der Waals surface area contributed by atoms with Crippen LogP contribution in [0, 0.1) is 57.7 Å². The van der Waals surface area contributed by atoms with Crippen LogP contribution < -0.4 is 40.1 Å². The van der Waals surface area contributed by atoms with Crippen molar-refractivity contribution in [3.63, 3.8) is 0 Å². The number of nitrogens with zero attached hydrogens (tertiary/aromatic N) is 15. The van der Waals surface area contributed by atoms with Crippen LogP contribution in [0.2, 0.25) is 0 Å². The number of carbonyl (C=O) groups is 9. The maximum atomic E-state index is 13.3. The highest BCUT2D eigenvalue weighted by molar-refractivity contribution is 6.04.